The smallest absolute Gasteiger partial charge is 0.149 e. The molecular weight excluding hydrogens is 155 g/mol. The van der Waals surface area contributed by atoms with Crippen LogP contribution in [0.2, 0.25) is 0 Å². The van der Waals surface area contributed by atoms with Crippen LogP contribution in [0.5, 0.6) is 0 Å². The topological polar surface area (TPSA) is 24.9 Å². The predicted octanol–water partition coefficient (Wildman–Crippen LogP) is 1.21. The Morgan fingerprint density at radius 2 is 2.42 bits per heavy atom. The van der Waals surface area contributed by atoms with E-state index in [0.717, 1.165) is 12.1 Å². The fourth-order valence-corrected chi connectivity index (χ4v) is 1.28. The maximum atomic E-state index is 13.1. The molecule has 62 valence electrons. The number of nitrogens with zero attached hydrogens (tertiary/aromatic N) is 1. The van der Waals surface area contributed by atoms with Crippen molar-refractivity contribution in [2.75, 3.05) is 13.1 Å². The highest BCUT2D eigenvalue weighted by Crippen LogP contribution is 2.16. The Morgan fingerprint density at radius 3 is 3.08 bits per heavy atom. The summed E-state index contributed by atoms with van der Waals surface area (Å²) in [6.07, 6.45) is 3.57. The summed E-state index contributed by atoms with van der Waals surface area (Å²) in [7, 11) is 0. The molecule has 0 amide bonds. The van der Waals surface area contributed by atoms with Crippen LogP contribution in [-0.4, -0.2) is 18.1 Å². The summed E-state index contributed by atoms with van der Waals surface area (Å²) in [6, 6.07) is 3.03. The lowest BCUT2D eigenvalue weighted by Gasteiger charge is -2.00. The summed E-state index contributed by atoms with van der Waals surface area (Å²) in [5, 5.41) is 3.10. The van der Waals surface area contributed by atoms with Crippen molar-refractivity contribution in [1.29, 1.82) is 0 Å². The molecule has 1 aliphatic rings. The zero-order chi connectivity index (χ0) is 8.39. The van der Waals surface area contributed by atoms with Gasteiger partial charge in [-0.05, 0) is 17.7 Å². The highest BCUT2D eigenvalue weighted by Gasteiger charge is 2.11. The van der Waals surface area contributed by atoms with Gasteiger partial charge in [0, 0.05) is 19.3 Å². The first-order valence-corrected chi connectivity index (χ1v) is 3.88. The maximum absolute atomic E-state index is 13.1. The molecule has 0 saturated heterocycles. The van der Waals surface area contributed by atoms with E-state index in [1.165, 1.54) is 6.07 Å². The van der Waals surface area contributed by atoms with Gasteiger partial charge in [0.05, 0.1) is 0 Å². The number of hydrogen-bond acceptors (Lipinski definition) is 2. The zero-order valence-corrected chi connectivity index (χ0v) is 6.55. The van der Waals surface area contributed by atoms with Crippen LogP contribution in [0.4, 0.5) is 4.39 Å². The molecular formula is C9H9FN2. The third-order valence-electron chi connectivity index (χ3n) is 1.87. The molecule has 2 nitrogen and oxygen atoms in total. The Morgan fingerprint density at radius 1 is 1.50 bits per heavy atom. The number of hydrogen-bond donors (Lipinski definition) is 1. The lowest BCUT2D eigenvalue weighted by Crippen LogP contribution is -2.08. The van der Waals surface area contributed by atoms with Gasteiger partial charge in [-0.2, -0.15) is 0 Å². The second-order valence-corrected chi connectivity index (χ2v) is 2.69. The van der Waals surface area contributed by atoms with Crippen molar-refractivity contribution in [2.45, 2.75) is 0 Å². The maximum Gasteiger partial charge on any atom is 0.149 e. The van der Waals surface area contributed by atoms with Crippen LogP contribution in [0, 0.1) is 5.82 Å². The van der Waals surface area contributed by atoms with E-state index in [-0.39, 0.29) is 5.82 Å². The Labute approximate surface area is 70.1 Å². The van der Waals surface area contributed by atoms with Gasteiger partial charge in [0.25, 0.3) is 0 Å². The van der Waals surface area contributed by atoms with Crippen LogP contribution in [-0.2, 0) is 0 Å². The first kappa shape index (κ1) is 7.43. The van der Waals surface area contributed by atoms with Crippen molar-refractivity contribution in [3.8, 4) is 0 Å². The summed E-state index contributed by atoms with van der Waals surface area (Å²) < 4.78 is 13.1. The monoisotopic (exact) mass is 164 g/mol. The van der Waals surface area contributed by atoms with E-state index < -0.39 is 0 Å². The molecule has 0 aromatic carbocycles. The number of halogens is 1. The van der Waals surface area contributed by atoms with E-state index in [1.807, 2.05) is 6.08 Å². The fraction of sp³-hybridized carbons (Fsp3) is 0.222. The number of rotatable bonds is 1. The average molecular weight is 164 g/mol. The first-order valence-electron chi connectivity index (χ1n) is 3.88. The van der Waals surface area contributed by atoms with Gasteiger partial charge < -0.3 is 5.32 Å². The van der Waals surface area contributed by atoms with E-state index >= 15 is 0 Å². The SMILES string of the molecule is Fc1cccnc1C1=CCNC1. The van der Waals surface area contributed by atoms with Crippen molar-refractivity contribution >= 4 is 5.57 Å². The van der Waals surface area contributed by atoms with E-state index in [9.17, 15) is 4.39 Å². The molecule has 0 saturated carbocycles. The Balaban J connectivity index is 2.39. The van der Waals surface area contributed by atoms with Gasteiger partial charge >= 0.3 is 0 Å². The predicted molar refractivity (Wildman–Crippen MR) is 45.0 cm³/mol. The van der Waals surface area contributed by atoms with Crippen molar-refractivity contribution in [2.24, 2.45) is 0 Å². The molecule has 1 aliphatic heterocycles. The summed E-state index contributed by atoms with van der Waals surface area (Å²) in [5.41, 5.74) is 1.43. The molecule has 1 N–H and O–H groups in total. The van der Waals surface area contributed by atoms with Crippen molar-refractivity contribution in [3.05, 3.63) is 35.9 Å². The van der Waals surface area contributed by atoms with Gasteiger partial charge in [-0.15, -0.1) is 0 Å². The molecule has 0 fully saturated rings. The highest BCUT2D eigenvalue weighted by atomic mass is 19.1. The van der Waals surface area contributed by atoms with Crippen LogP contribution in [0.25, 0.3) is 5.57 Å². The molecule has 1 aromatic rings. The number of aromatic nitrogens is 1. The Hall–Kier alpha value is -1.22. The molecule has 2 rings (SSSR count). The second kappa shape index (κ2) is 3.03. The molecule has 0 radical (unpaired) electrons. The lowest BCUT2D eigenvalue weighted by atomic mass is 10.2. The van der Waals surface area contributed by atoms with Crippen LogP contribution >= 0.6 is 0 Å². The lowest BCUT2D eigenvalue weighted by molar-refractivity contribution is 0.616. The van der Waals surface area contributed by atoms with Crippen LogP contribution < -0.4 is 5.32 Å². The normalized spacial score (nSPS) is 16.2. The number of nitrogens with one attached hydrogen (secondary N) is 1. The fourth-order valence-electron chi connectivity index (χ4n) is 1.28. The molecule has 12 heavy (non-hydrogen) atoms. The molecule has 0 atom stereocenters. The van der Waals surface area contributed by atoms with Crippen molar-refractivity contribution in [1.82, 2.24) is 10.3 Å². The van der Waals surface area contributed by atoms with Crippen molar-refractivity contribution in [3.63, 3.8) is 0 Å². The van der Waals surface area contributed by atoms with Gasteiger partial charge in [0.2, 0.25) is 0 Å². The highest BCUT2D eigenvalue weighted by molar-refractivity contribution is 5.66. The quantitative estimate of drug-likeness (QED) is 0.674. The summed E-state index contributed by atoms with van der Waals surface area (Å²) in [6.45, 7) is 1.53. The minimum Gasteiger partial charge on any atom is -0.309 e. The van der Waals surface area contributed by atoms with E-state index in [1.54, 1.807) is 12.3 Å². The number of pyridine rings is 1. The molecule has 3 heteroatoms. The standard InChI is InChI=1S/C9H9FN2/c10-8-2-1-4-12-9(8)7-3-5-11-6-7/h1-4,11H,5-6H2. The molecule has 1 aromatic heterocycles. The third kappa shape index (κ3) is 1.23. The van der Waals surface area contributed by atoms with Crippen LogP contribution in [0.1, 0.15) is 5.69 Å². The van der Waals surface area contributed by atoms with Crippen molar-refractivity contribution < 1.29 is 4.39 Å². The Bertz CT molecular complexity index is 320. The largest absolute Gasteiger partial charge is 0.309 e. The summed E-state index contributed by atoms with van der Waals surface area (Å²) >= 11 is 0. The average Bonchev–Trinajstić information content (AvgIpc) is 2.57. The van der Waals surface area contributed by atoms with Gasteiger partial charge in [-0.25, -0.2) is 4.39 Å². The van der Waals surface area contributed by atoms with E-state index in [0.29, 0.717) is 12.2 Å². The van der Waals surface area contributed by atoms with E-state index in [4.69, 9.17) is 0 Å². The molecule has 0 bridgehead atoms. The summed E-state index contributed by atoms with van der Waals surface area (Å²) in [5.74, 6) is -0.243. The Kier molecular flexibility index (Phi) is 1.87. The zero-order valence-electron chi connectivity index (χ0n) is 6.55. The van der Waals surface area contributed by atoms with Crippen LogP contribution in [0.3, 0.4) is 0 Å². The third-order valence-corrected chi connectivity index (χ3v) is 1.87. The van der Waals surface area contributed by atoms with E-state index in [2.05, 4.69) is 10.3 Å². The van der Waals surface area contributed by atoms with Gasteiger partial charge in [-0.3, -0.25) is 4.98 Å². The molecule has 2 heterocycles. The van der Waals surface area contributed by atoms with Gasteiger partial charge in [-0.1, -0.05) is 6.08 Å². The molecule has 0 aliphatic carbocycles. The minimum atomic E-state index is -0.243. The first-order chi connectivity index (χ1) is 5.88. The second-order valence-electron chi connectivity index (χ2n) is 2.69. The van der Waals surface area contributed by atoms with Crippen LogP contribution in [0.15, 0.2) is 24.4 Å². The van der Waals surface area contributed by atoms with Gasteiger partial charge in [0.1, 0.15) is 11.5 Å². The minimum absolute atomic E-state index is 0.243. The van der Waals surface area contributed by atoms with Gasteiger partial charge in [0.15, 0.2) is 0 Å². The summed E-state index contributed by atoms with van der Waals surface area (Å²) in [4.78, 5) is 3.98. The molecule has 0 unspecified atom stereocenters. The molecule has 0 spiro atoms.